The average molecular weight is 1020 g/mol. The highest BCUT2D eigenvalue weighted by atomic mass is 15.0. The molecular formula is C73H47N7. The molecule has 15 rings (SSSR count). The van der Waals surface area contributed by atoms with Crippen LogP contribution in [-0.4, -0.2) is 34.1 Å². The van der Waals surface area contributed by atoms with E-state index in [1.54, 1.807) is 0 Å². The molecule has 0 aliphatic carbocycles. The van der Waals surface area contributed by atoms with Crippen LogP contribution in [0.5, 0.6) is 0 Å². The van der Waals surface area contributed by atoms with Gasteiger partial charge in [0.05, 0.1) is 33.5 Å². The third-order valence-corrected chi connectivity index (χ3v) is 15.2. The zero-order chi connectivity index (χ0) is 52.9. The first-order valence-electron chi connectivity index (χ1n) is 26.9. The molecule has 0 saturated carbocycles. The van der Waals surface area contributed by atoms with E-state index < -0.39 is 0 Å². The van der Waals surface area contributed by atoms with Crippen LogP contribution in [0.25, 0.3) is 145 Å². The molecule has 0 atom stereocenters. The van der Waals surface area contributed by atoms with Gasteiger partial charge in [0, 0.05) is 66.3 Å². The van der Waals surface area contributed by atoms with Crippen LogP contribution >= 0.6 is 0 Å². The second-order valence-electron chi connectivity index (χ2n) is 20.0. The molecule has 15 aromatic rings. The minimum Gasteiger partial charge on any atom is -0.309 e. The molecule has 0 N–H and O–H groups in total. The highest BCUT2D eigenvalue weighted by Crippen LogP contribution is 2.46. The quantitative estimate of drug-likeness (QED) is 0.136. The molecule has 0 fully saturated rings. The minimum absolute atomic E-state index is 0.609. The summed E-state index contributed by atoms with van der Waals surface area (Å²) in [6, 6.07) is 100. The van der Waals surface area contributed by atoms with Crippen LogP contribution < -0.4 is 0 Å². The van der Waals surface area contributed by atoms with Crippen molar-refractivity contribution in [2.75, 3.05) is 0 Å². The Labute approximate surface area is 462 Å². The second kappa shape index (κ2) is 19.6. The number of hydrogen-bond donors (Lipinski definition) is 0. The Balaban J connectivity index is 0.868. The topological polar surface area (TPSA) is 74.3 Å². The van der Waals surface area contributed by atoms with E-state index in [-0.39, 0.29) is 0 Å². The van der Waals surface area contributed by atoms with Gasteiger partial charge in [-0.1, -0.05) is 231 Å². The highest BCUT2D eigenvalue weighted by Gasteiger charge is 2.23. The van der Waals surface area contributed by atoms with Gasteiger partial charge in [0.15, 0.2) is 23.3 Å². The summed E-state index contributed by atoms with van der Waals surface area (Å²) in [5.74, 6) is 2.54. The molecule has 7 heteroatoms. The summed E-state index contributed by atoms with van der Waals surface area (Å²) in [7, 11) is 0. The Kier molecular flexibility index (Phi) is 11.4. The molecule has 0 radical (unpaired) electrons. The van der Waals surface area contributed by atoms with Gasteiger partial charge >= 0.3 is 0 Å². The van der Waals surface area contributed by atoms with Crippen molar-refractivity contribution in [2.24, 2.45) is 0 Å². The Morgan fingerprint density at radius 1 is 0.212 bits per heavy atom. The molecule has 0 saturated heterocycles. The van der Waals surface area contributed by atoms with Crippen LogP contribution in [0.15, 0.2) is 285 Å². The summed E-state index contributed by atoms with van der Waals surface area (Å²) in [5, 5.41) is 4.70. The Morgan fingerprint density at radius 3 is 0.963 bits per heavy atom. The number of aromatic nitrogens is 7. The van der Waals surface area contributed by atoms with Gasteiger partial charge < -0.3 is 9.13 Å². The number of nitrogens with zero attached hydrogens (tertiary/aromatic N) is 7. The van der Waals surface area contributed by atoms with E-state index in [4.69, 9.17) is 24.9 Å². The highest BCUT2D eigenvalue weighted by molar-refractivity contribution is 6.20. The van der Waals surface area contributed by atoms with Crippen molar-refractivity contribution in [1.29, 1.82) is 0 Å². The average Bonchev–Trinajstić information content (AvgIpc) is 4.29. The predicted octanol–water partition coefficient (Wildman–Crippen LogP) is 18.2. The Morgan fingerprint density at radius 2 is 0.525 bits per heavy atom. The summed E-state index contributed by atoms with van der Waals surface area (Å²) < 4.78 is 4.77. The summed E-state index contributed by atoms with van der Waals surface area (Å²) in [4.78, 5) is 25.6. The molecule has 0 spiro atoms. The molecule has 0 aliphatic heterocycles. The van der Waals surface area contributed by atoms with E-state index in [0.29, 0.717) is 23.3 Å². The molecule has 80 heavy (non-hydrogen) atoms. The maximum absolute atomic E-state index is 5.21. The van der Waals surface area contributed by atoms with E-state index in [9.17, 15) is 0 Å². The first-order chi connectivity index (χ1) is 39.7. The summed E-state index contributed by atoms with van der Waals surface area (Å²) in [6.45, 7) is 0. The van der Waals surface area contributed by atoms with Crippen molar-refractivity contribution in [3.8, 4) is 102 Å². The van der Waals surface area contributed by atoms with Crippen LogP contribution in [0.4, 0.5) is 0 Å². The van der Waals surface area contributed by atoms with Crippen molar-refractivity contribution in [3.05, 3.63) is 285 Å². The third-order valence-electron chi connectivity index (χ3n) is 15.2. The van der Waals surface area contributed by atoms with Gasteiger partial charge in [-0.15, -0.1) is 0 Å². The first kappa shape index (κ1) is 46.4. The van der Waals surface area contributed by atoms with E-state index in [0.717, 1.165) is 100 Å². The summed E-state index contributed by atoms with van der Waals surface area (Å²) >= 11 is 0. The normalized spacial score (nSPS) is 11.5. The molecule has 11 aromatic carbocycles. The molecule has 0 unspecified atom stereocenters. The summed E-state index contributed by atoms with van der Waals surface area (Å²) in [5.41, 5.74) is 18.6. The van der Waals surface area contributed by atoms with E-state index >= 15 is 0 Å². The largest absolute Gasteiger partial charge is 0.309 e. The molecular weight excluding hydrogens is 975 g/mol. The van der Waals surface area contributed by atoms with Gasteiger partial charge in [0.25, 0.3) is 0 Å². The molecule has 0 bridgehead atoms. The van der Waals surface area contributed by atoms with Crippen molar-refractivity contribution in [3.63, 3.8) is 0 Å². The lowest BCUT2D eigenvalue weighted by Crippen LogP contribution is -2.01. The lowest BCUT2D eigenvalue weighted by Gasteiger charge is -2.15. The smallest absolute Gasteiger partial charge is 0.164 e. The zero-order valence-electron chi connectivity index (χ0n) is 43.3. The van der Waals surface area contributed by atoms with Crippen LogP contribution in [0.2, 0.25) is 0 Å². The fourth-order valence-corrected chi connectivity index (χ4v) is 11.6. The fourth-order valence-electron chi connectivity index (χ4n) is 11.6. The van der Waals surface area contributed by atoms with E-state index in [1.807, 2.05) is 72.8 Å². The van der Waals surface area contributed by atoms with Crippen LogP contribution in [0.1, 0.15) is 0 Å². The van der Waals surface area contributed by atoms with E-state index in [1.165, 1.54) is 21.5 Å². The Hall–Kier alpha value is -10.9. The van der Waals surface area contributed by atoms with Gasteiger partial charge in [0.2, 0.25) is 0 Å². The fraction of sp³-hybridized carbons (Fsp3) is 0. The minimum atomic E-state index is 0.609. The van der Waals surface area contributed by atoms with Crippen LogP contribution in [0.3, 0.4) is 0 Å². The number of rotatable bonds is 10. The zero-order valence-corrected chi connectivity index (χ0v) is 43.3. The van der Waals surface area contributed by atoms with Crippen LogP contribution in [-0.2, 0) is 0 Å². The van der Waals surface area contributed by atoms with Gasteiger partial charge in [-0.3, -0.25) is 0 Å². The lowest BCUT2D eigenvalue weighted by molar-refractivity contribution is 1.07. The number of hydrogen-bond acceptors (Lipinski definition) is 5. The SMILES string of the molecule is c1ccc(-c2cc(-c3ccccc3)nc(-c3cccc(-n4c5ccccc5c5c(-c6ccccc6-c6cccc7c6c6ccccc6n7-c6cccc(-c7nc(-c8ccccc8)nc(-c8ccccc8)n7)c6)cccc54)c3)n2)cc1. The first-order valence-corrected chi connectivity index (χ1v) is 26.9. The maximum Gasteiger partial charge on any atom is 0.164 e. The van der Waals surface area contributed by atoms with Crippen molar-refractivity contribution in [1.82, 2.24) is 34.1 Å². The maximum atomic E-state index is 5.21. The van der Waals surface area contributed by atoms with Crippen molar-refractivity contribution < 1.29 is 0 Å². The third kappa shape index (κ3) is 8.12. The Bertz CT molecular complexity index is 4390. The molecule has 0 aliphatic rings. The number of benzene rings is 11. The standard InChI is InChI=1S/C73H47N7/c1-5-23-48(24-6-1)62-47-63(49-25-7-2-8-26-49)75-72(74-62)52-31-19-33-54(45-52)79-64-41-17-15-37-60(64)68-58(39-21-43-66(68)79)56-35-13-14-36-57(56)59-40-22-44-67-69(59)61-38-16-18-42-65(61)80(67)55-34-20-32-53(46-55)73-77-70(50-27-9-3-10-28-50)76-71(78-73)51-29-11-4-12-30-51/h1-47H. The van der Waals surface area contributed by atoms with Crippen molar-refractivity contribution >= 4 is 43.6 Å². The number of fused-ring (bicyclic) bond motifs is 6. The number of para-hydroxylation sites is 2. The van der Waals surface area contributed by atoms with Gasteiger partial charge in [-0.05, 0) is 76.9 Å². The molecule has 7 nitrogen and oxygen atoms in total. The molecule has 4 heterocycles. The van der Waals surface area contributed by atoms with Gasteiger partial charge in [-0.2, -0.15) is 0 Å². The van der Waals surface area contributed by atoms with Crippen molar-refractivity contribution in [2.45, 2.75) is 0 Å². The monoisotopic (exact) mass is 1020 g/mol. The second-order valence-corrected chi connectivity index (χ2v) is 20.0. The summed E-state index contributed by atoms with van der Waals surface area (Å²) in [6.07, 6.45) is 0. The lowest BCUT2D eigenvalue weighted by atomic mass is 9.90. The van der Waals surface area contributed by atoms with Crippen LogP contribution in [0, 0.1) is 0 Å². The van der Waals surface area contributed by atoms with Gasteiger partial charge in [-0.25, -0.2) is 24.9 Å². The molecule has 374 valence electrons. The van der Waals surface area contributed by atoms with Gasteiger partial charge in [0.1, 0.15) is 0 Å². The molecule has 4 aromatic heterocycles. The van der Waals surface area contributed by atoms with E-state index in [2.05, 4.69) is 221 Å². The predicted molar refractivity (Wildman–Crippen MR) is 328 cm³/mol. The molecule has 0 amide bonds.